The van der Waals surface area contributed by atoms with Gasteiger partial charge in [-0.05, 0) is 30.3 Å². The van der Waals surface area contributed by atoms with Crippen LogP contribution in [0.3, 0.4) is 0 Å². The first-order chi connectivity index (χ1) is 12.4. The molecule has 1 fully saturated rings. The fourth-order valence-corrected chi connectivity index (χ4v) is 4.91. The van der Waals surface area contributed by atoms with Gasteiger partial charge in [0.1, 0.15) is 0 Å². The van der Waals surface area contributed by atoms with Crippen LogP contribution < -0.4 is 10.2 Å². The van der Waals surface area contributed by atoms with Crippen LogP contribution in [0.5, 0.6) is 0 Å². The van der Waals surface area contributed by atoms with Crippen LogP contribution in [0, 0.1) is 0 Å². The van der Waals surface area contributed by atoms with E-state index in [-0.39, 0.29) is 10.5 Å². The lowest BCUT2D eigenvalue weighted by molar-refractivity contribution is 0.102. The van der Waals surface area contributed by atoms with Crippen LogP contribution in [0.4, 0.5) is 11.4 Å². The average Bonchev–Trinajstić information content (AvgIpc) is 2.62. The van der Waals surface area contributed by atoms with Gasteiger partial charge >= 0.3 is 0 Å². The molecule has 5 nitrogen and oxygen atoms in total. The molecule has 8 heteroatoms. The Morgan fingerprint density at radius 1 is 1.15 bits per heavy atom. The van der Waals surface area contributed by atoms with Crippen LogP contribution in [-0.2, 0) is 9.84 Å². The maximum Gasteiger partial charge on any atom is 0.256 e. The number of rotatable bonds is 4. The van der Waals surface area contributed by atoms with Crippen molar-refractivity contribution >= 4 is 50.5 Å². The molecule has 2 aromatic rings. The first-order valence-electron chi connectivity index (χ1n) is 8.09. The number of benzene rings is 2. The second-order valence-corrected chi connectivity index (χ2v) is 9.60. The number of carbonyl (C=O) groups is 1. The van der Waals surface area contributed by atoms with Crippen molar-refractivity contribution in [3.05, 3.63) is 53.1 Å². The number of thioether (sulfide) groups is 1. The Bertz CT molecular complexity index is 926. The summed E-state index contributed by atoms with van der Waals surface area (Å²) in [6.45, 7) is 1.88. The number of nitrogens with one attached hydrogen (secondary N) is 1. The van der Waals surface area contributed by atoms with Gasteiger partial charge in [-0.25, -0.2) is 8.42 Å². The Hall–Kier alpha value is -1.70. The standard InChI is InChI=1S/C18H19ClN2O3S2/c1-26(23,24)17-5-3-2-4-14(17)18(22)20-13-6-7-16(15(19)12-13)21-8-10-25-11-9-21/h2-7,12H,8-11H2,1H3,(H,20,22). The van der Waals surface area contributed by atoms with Gasteiger partial charge in [-0.1, -0.05) is 23.7 Å². The molecule has 0 atom stereocenters. The summed E-state index contributed by atoms with van der Waals surface area (Å²) >= 11 is 8.32. The van der Waals surface area contributed by atoms with Crippen molar-refractivity contribution in [2.24, 2.45) is 0 Å². The third-order valence-corrected chi connectivity index (χ3v) is 6.49. The lowest BCUT2D eigenvalue weighted by Gasteiger charge is -2.29. The van der Waals surface area contributed by atoms with Gasteiger partial charge in [0.25, 0.3) is 5.91 Å². The number of anilines is 2. The van der Waals surface area contributed by atoms with E-state index in [1.807, 2.05) is 17.8 Å². The quantitative estimate of drug-likeness (QED) is 0.834. The highest BCUT2D eigenvalue weighted by Gasteiger charge is 2.19. The third-order valence-electron chi connectivity index (χ3n) is 4.09. The van der Waals surface area contributed by atoms with Crippen molar-refractivity contribution in [2.45, 2.75) is 4.90 Å². The minimum atomic E-state index is -3.50. The molecular formula is C18H19ClN2O3S2. The third kappa shape index (κ3) is 4.34. The highest BCUT2D eigenvalue weighted by atomic mass is 35.5. The van der Waals surface area contributed by atoms with E-state index in [9.17, 15) is 13.2 Å². The molecule has 3 rings (SSSR count). The second-order valence-electron chi connectivity index (χ2n) is 5.99. The van der Waals surface area contributed by atoms with Gasteiger partial charge in [-0.3, -0.25) is 4.79 Å². The Kier molecular flexibility index (Phi) is 5.79. The van der Waals surface area contributed by atoms with E-state index in [0.717, 1.165) is 36.5 Å². The predicted octanol–water partition coefficient (Wildman–Crippen LogP) is 3.55. The molecule has 1 N–H and O–H groups in total. The van der Waals surface area contributed by atoms with Crippen LogP contribution in [0.25, 0.3) is 0 Å². The van der Waals surface area contributed by atoms with Gasteiger partial charge in [0.2, 0.25) is 0 Å². The summed E-state index contributed by atoms with van der Waals surface area (Å²) in [6, 6.07) is 11.5. The van der Waals surface area contributed by atoms with Gasteiger partial charge < -0.3 is 10.2 Å². The Morgan fingerprint density at radius 2 is 1.85 bits per heavy atom. The summed E-state index contributed by atoms with van der Waals surface area (Å²) in [5.41, 5.74) is 1.59. The number of hydrogen-bond donors (Lipinski definition) is 1. The molecule has 0 spiro atoms. The van der Waals surface area contributed by atoms with Crippen LogP contribution >= 0.6 is 23.4 Å². The first-order valence-corrected chi connectivity index (χ1v) is 11.5. The zero-order chi connectivity index (χ0) is 18.7. The number of sulfone groups is 1. The van der Waals surface area contributed by atoms with Gasteiger partial charge in [0.15, 0.2) is 9.84 Å². The van der Waals surface area contributed by atoms with E-state index in [1.54, 1.807) is 24.3 Å². The van der Waals surface area contributed by atoms with E-state index in [2.05, 4.69) is 10.2 Å². The largest absolute Gasteiger partial charge is 0.369 e. The molecular weight excluding hydrogens is 392 g/mol. The van der Waals surface area contributed by atoms with Crippen LogP contribution in [0.1, 0.15) is 10.4 Å². The molecule has 138 valence electrons. The molecule has 2 aromatic carbocycles. The molecule has 1 saturated heterocycles. The Balaban J connectivity index is 1.81. The number of carbonyl (C=O) groups excluding carboxylic acids is 1. The van der Waals surface area contributed by atoms with E-state index >= 15 is 0 Å². The molecule has 1 amide bonds. The van der Waals surface area contributed by atoms with Crippen molar-refractivity contribution in [2.75, 3.05) is 41.1 Å². The van der Waals surface area contributed by atoms with E-state index in [4.69, 9.17) is 11.6 Å². The summed E-state index contributed by atoms with van der Waals surface area (Å²) in [4.78, 5) is 14.8. The maximum absolute atomic E-state index is 12.5. The van der Waals surface area contributed by atoms with Crippen LogP contribution in [-0.4, -0.2) is 45.2 Å². The minimum Gasteiger partial charge on any atom is -0.369 e. The van der Waals surface area contributed by atoms with E-state index in [1.165, 1.54) is 12.1 Å². The molecule has 0 aromatic heterocycles. The highest BCUT2D eigenvalue weighted by molar-refractivity contribution is 7.99. The number of halogens is 1. The molecule has 0 unspecified atom stereocenters. The summed E-state index contributed by atoms with van der Waals surface area (Å²) in [6.07, 6.45) is 1.09. The highest BCUT2D eigenvalue weighted by Crippen LogP contribution is 2.31. The Morgan fingerprint density at radius 3 is 2.50 bits per heavy atom. The minimum absolute atomic E-state index is 0.00559. The topological polar surface area (TPSA) is 66.5 Å². The number of hydrogen-bond acceptors (Lipinski definition) is 5. The van der Waals surface area contributed by atoms with Crippen molar-refractivity contribution in [3.63, 3.8) is 0 Å². The second kappa shape index (κ2) is 7.90. The lowest BCUT2D eigenvalue weighted by Crippen LogP contribution is -2.32. The SMILES string of the molecule is CS(=O)(=O)c1ccccc1C(=O)Nc1ccc(N2CCSCC2)c(Cl)c1. The monoisotopic (exact) mass is 410 g/mol. The average molecular weight is 411 g/mol. The van der Waals surface area contributed by atoms with Crippen molar-refractivity contribution < 1.29 is 13.2 Å². The van der Waals surface area contributed by atoms with Gasteiger partial charge in [-0.2, -0.15) is 11.8 Å². The molecule has 1 heterocycles. The van der Waals surface area contributed by atoms with Crippen LogP contribution in [0.15, 0.2) is 47.4 Å². The zero-order valence-corrected chi connectivity index (χ0v) is 16.6. The molecule has 26 heavy (non-hydrogen) atoms. The molecule has 0 bridgehead atoms. The fraction of sp³-hybridized carbons (Fsp3) is 0.278. The molecule has 0 radical (unpaired) electrons. The molecule has 1 aliphatic heterocycles. The van der Waals surface area contributed by atoms with Gasteiger partial charge in [0, 0.05) is 36.5 Å². The summed E-state index contributed by atoms with van der Waals surface area (Å²) in [7, 11) is -3.50. The Labute approximate surface area is 162 Å². The van der Waals surface area contributed by atoms with E-state index in [0.29, 0.717) is 10.7 Å². The van der Waals surface area contributed by atoms with Crippen molar-refractivity contribution in [1.29, 1.82) is 0 Å². The fourth-order valence-electron chi connectivity index (χ4n) is 2.82. The first kappa shape index (κ1) is 19.1. The van der Waals surface area contributed by atoms with E-state index < -0.39 is 15.7 Å². The summed E-state index contributed by atoms with van der Waals surface area (Å²) in [5.74, 6) is 1.65. The van der Waals surface area contributed by atoms with Gasteiger partial charge in [0.05, 0.1) is 21.2 Å². The molecule has 0 saturated carbocycles. The number of amides is 1. The summed E-state index contributed by atoms with van der Waals surface area (Å²) < 4.78 is 23.8. The normalized spacial score (nSPS) is 14.9. The maximum atomic E-state index is 12.5. The lowest BCUT2D eigenvalue weighted by atomic mass is 10.2. The molecule has 0 aliphatic carbocycles. The van der Waals surface area contributed by atoms with Crippen molar-refractivity contribution in [1.82, 2.24) is 0 Å². The number of nitrogens with zero attached hydrogens (tertiary/aromatic N) is 1. The molecule has 1 aliphatic rings. The van der Waals surface area contributed by atoms with Crippen molar-refractivity contribution in [3.8, 4) is 0 Å². The smallest absolute Gasteiger partial charge is 0.256 e. The van der Waals surface area contributed by atoms with Gasteiger partial charge in [-0.15, -0.1) is 0 Å². The van der Waals surface area contributed by atoms with Crippen LogP contribution in [0.2, 0.25) is 5.02 Å². The summed E-state index contributed by atoms with van der Waals surface area (Å²) in [5, 5.41) is 3.29. The predicted molar refractivity (Wildman–Crippen MR) is 108 cm³/mol. The zero-order valence-electron chi connectivity index (χ0n) is 14.2.